The maximum Gasteiger partial charge on any atom is 0.0639 e. The standard InChI is InChI=1S/C14H22BrNO/c1-14(2,3)7-9-17-10-8-16-13-6-4-5-12(15)11-13/h4-6,11,16H,7-10H2,1-3H3. The van der Waals surface area contributed by atoms with E-state index in [1.54, 1.807) is 0 Å². The number of rotatable bonds is 6. The second kappa shape index (κ2) is 7.02. The van der Waals surface area contributed by atoms with Crippen LogP contribution in [0.1, 0.15) is 27.2 Å². The molecule has 0 aromatic heterocycles. The van der Waals surface area contributed by atoms with Crippen molar-refractivity contribution in [3.63, 3.8) is 0 Å². The first-order valence-electron chi connectivity index (χ1n) is 6.04. The van der Waals surface area contributed by atoms with E-state index in [1.165, 1.54) is 0 Å². The Kier molecular flexibility index (Phi) is 6.00. The van der Waals surface area contributed by atoms with Crippen LogP contribution in [0.3, 0.4) is 0 Å². The highest BCUT2D eigenvalue weighted by Gasteiger charge is 2.08. The molecule has 0 atom stereocenters. The van der Waals surface area contributed by atoms with Crippen LogP contribution in [0.4, 0.5) is 5.69 Å². The zero-order valence-corrected chi connectivity index (χ0v) is 12.5. The Hall–Kier alpha value is -0.540. The Labute approximate surface area is 113 Å². The second-order valence-corrected chi connectivity index (χ2v) is 6.28. The predicted octanol–water partition coefficient (Wildman–Crippen LogP) is 4.31. The summed E-state index contributed by atoms with van der Waals surface area (Å²) < 4.78 is 6.68. The monoisotopic (exact) mass is 299 g/mol. The summed E-state index contributed by atoms with van der Waals surface area (Å²) in [7, 11) is 0. The quantitative estimate of drug-likeness (QED) is 0.790. The summed E-state index contributed by atoms with van der Waals surface area (Å²) >= 11 is 3.45. The minimum atomic E-state index is 0.359. The highest BCUT2D eigenvalue weighted by atomic mass is 79.9. The number of benzene rings is 1. The molecule has 0 spiro atoms. The molecule has 1 aromatic rings. The van der Waals surface area contributed by atoms with Gasteiger partial charge in [-0.1, -0.05) is 42.8 Å². The summed E-state index contributed by atoms with van der Waals surface area (Å²) in [5.74, 6) is 0. The van der Waals surface area contributed by atoms with E-state index in [2.05, 4.69) is 54.2 Å². The van der Waals surface area contributed by atoms with Crippen molar-refractivity contribution >= 4 is 21.6 Å². The number of ether oxygens (including phenoxy) is 1. The Morgan fingerprint density at radius 1 is 1.24 bits per heavy atom. The molecule has 0 aliphatic heterocycles. The van der Waals surface area contributed by atoms with Gasteiger partial charge in [0.1, 0.15) is 0 Å². The van der Waals surface area contributed by atoms with E-state index in [9.17, 15) is 0 Å². The molecule has 96 valence electrons. The Balaban J connectivity index is 2.09. The maximum atomic E-state index is 5.59. The van der Waals surface area contributed by atoms with E-state index >= 15 is 0 Å². The second-order valence-electron chi connectivity index (χ2n) is 5.36. The molecule has 3 heteroatoms. The molecule has 0 heterocycles. The van der Waals surface area contributed by atoms with Crippen LogP contribution in [-0.2, 0) is 4.74 Å². The van der Waals surface area contributed by atoms with Gasteiger partial charge >= 0.3 is 0 Å². The van der Waals surface area contributed by atoms with Crippen LogP contribution in [0.15, 0.2) is 28.7 Å². The third-order valence-electron chi connectivity index (χ3n) is 2.40. The summed E-state index contributed by atoms with van der Waals surface area (Å²) in [6, 6.07) is 8.16. The Morgan fingerprint density at radius 3 is 2.65 bits per heavy atom. The lowest BCUT2D eigenvalue weighted by molar-refractivity contribution is 0.116. The van der Waals surface area contributed by atoms with Crippen molar-refractivity contribution in [2.75, 3.05) is 25.1 Å². The van der Waals surface area contributed by atoms with Crippen LogP contribution in [0.2, 0.25) is 0 Å². The summed E-state index contributed by atoms with van der Waals surface area (Å²) in [5.41, 5.74) is 1.48. The minimum Gasteiger partial charge on any atom is -0.383 e. The molecule has 1 N–H and O–H groups in total. The largest absolute Gasteiger partial charge is 0.383 e. The molecule has 0 aliphatic rings. The smallest absolute Gasteiger partial charge is 0.0639 e. The van der Waals surface area contributed by atoms with Crippen molar-refractivity contribution in [1.82, 2.24) is 0 Å². The van der Waals surface area contributed by atoms with Gasteiger partial charge < -0.3 is 10.1 Å². The maximum absolute atomic E-state index is 5.59. The molecular weight excluding hydrogens is 278 g/mol. The fourth-order valence-corrected chi connectivity index (χ4v) is 1.75. The number of anilines is 1. The normalized spacial score (nSPS) is 11.5. The highest BCUT2D eigenvalue weighted by molar-refractivity contribution is 9.10. The number of hydrogen-bond donors (Lipinski definition) is 1. The van der Waals surface area contributed by atoms with Gasteiger partial charge in [-0.05, 0) is 30.0 Å². The summed E-state index contributed by atoms with van der Waals surface area (Å²) in [6.07, 6.45) is 1.10. The van der Waals surface area contributed by atoms with Crippen molar-refractivity contribution in [3.05, 3.63) is 28.7 Å². The average molecular weight is 300 g/mol. The van der Waals surface area contributed by atoms with Crippen LogP contribution in [0, 0.1) is 5.41 Å². The third-order valence-corrected chi connectivity index (χ3v) is 2.89. The fraction of sp³-hybridized carbons (Fsp3) is 0.571. The van der Waals surface area contributed by atoms with Gasteiger partial charge in [-0.25, -0.2) is 0 Å². The summed E-state index contributed by atoms with van der Waals surface area (Å²) in [5, 5.41) is 3.33. The van der Waals surface area contributed by atoms with Crippen LogP contribution in [0.25, 0.3) is 0 Å². The van der Waals surface area contributed by atoms with Crippen LogP contribution in [-0.4, -0.2) is 19.8 Å². The van der Waals surface area contributed by atoms with Crippen molar-refractivity contribution < 1.29 is 4.74 Å². The molecule has 1 aromatic carbocycles. The zero-order chi connectivity index (χ0) is 12.7. The third kappa shape index (κ3) is 7.40. The van der Waals surface area contributed by atoms with Gasteiger partial charge in [0.05, 0.1) is 6.61 Å². The summed E-state index contributed by atoms with van der Waals surface area (Å²) in [4.78, 5) is 0. The van der Waals surface area contributed by atoms with Gasteiger partial charge in [0.25, 0.3) is 0 Å². The molecule has 0 fully saturated rings. The van der Waals surface area contributed by atoms with Crippen molar-refractivity contribution in [1.29, 1.82) is 0 Å². The van der Waals surface area contributed by atoms with Gasteiger partial charge in [0, 0.05) is 23.3 Å². The van der Waals surface area contributed by atoms with E-state index in [1.807, 2.05) is 12.1 Å². The molecule has 17 heavy (non-hydrogen) atoms. The number of hydrogen-bond acceptors (Lipinski definition) is 2. The first-order chi connectivity index (χ1) is 7.97. The van der Waals surface area contributed by atoms with Gasteiger partial charge in [-0.15, -0.1) is 0 Å². The van der Waals surface area contributed by atoms with Crippen molar-refractivity contribution in [2.45, 2.75) is 27.2 Å². The lowest BCUT2D eigenvalue weighted by Crippen LogP contribution is -2.14. The molecule has 0 amide bonds. The van der Waals surface area contributed by atoms with Crippen LogP contribution >= 0.6 is 15.9 Å². The first-order valence-corrected chi connectivity index (χ1v) is 6.84. The van der Waals surface area contributed by atoms with Gasteiger partial charge in [0.15, 0.2) is 0 Å². The van der Waals surface area contributed by atoms with Gasteiger partial charge in [0.2, 0.25) is 0 Å². The molecule has 0 unspecified atom stereocenters. The molecule has 0 bridgehead atoms. The Morgan fingerprint density at radius 2 is 2.00 bits per heavy atom. The van der Waals surface area contributed by atoms with Crippen LogP contribution < -0.4 is 5.32 Å². The Bertz CT molecular complexity index is 333. The van der Waals surface area contributed by atoms with Gasteiger partial charge in [-0.2, -0.15) is 0 Å². The SMILES string of the molecule is CC(C)(C)CCOCCNc1cccc(Br)c1. The lowest BCUT2D eigenvalue weighted by atomic mass is 9.93. The molecule has 0 saturated heterocycles. The predicted molar refractivity (Wildman–Crippen MR) is 77.5 cm³/mol. The van der Waals surface area contributed by atoms with Crippen LogP contribution in [0.5, 0.6) is 0 Å². The molecule has 0 radical (unpaired) electrons. The molecular formula is C14H22BrNO. The summed E-state index contributed by atoms with van der Waals surface area (Å²) in [6.45, 7) is 9.13. The van der Waals surface area contributed by atoms with E-state index in [0.29, 0.717) is 5.41 Å². The lowest BCUT2D eigenvalue weighted by Gasteiger charge is -2.17. The molecule has 0 saturated carbocycles. The highest BCUT2D eigenvalue weighted by Crippen LogP contribution is 2.18. The van der Waals surface area contributed by atoms with E-state index in [-0.39, 0.29) is 0 Å². The van der Waals surface area contributed by atoms with E-state index < -0.39 is 0 Å². The first kappa shape index (κ1) is 14.5. The fourth-order valence-electron chi connectivity index (χ4n) is 1.35. The van der Waals surface area contributed by atoms with Crippen molar-refractivity contribution in [3.8, 4) is 0 Å². The minimum absolute atomic E-state index is 0.359. The number of nitrogens with one attached hydrogen (secondary N) is 1. The average Bonchev–Trinajstić information content (AvgIpc) is 2.22. The van der Waals surface area contributed by atoms with Crippen molar-refractivity contribution in [2.24, 2.45) is 5.41 Å². The zero-order valence-electron chi connectivity index (χ0n) is 10.9. The number of halogens is 1. The van der Waals surface area contributed by atoms with Gasteiger partial charge in [-0.3, -0.25) is 0 Å². The topological polar surface area (TPSA) is 21.3 Å². The molecule has 1 rings (SSSR count). The molecule has 0 aliphatic carbocycles. The van der Waals surface area contributed by atoms with E-state index in [0.717, 1.165) is 36.3 Å². The van der Waals surface area contributed by atoms with E-state index in [4.69, 9.17) is 4.74 Å². The molecule has 2 nitrogen and oxygen atoms in total.